The molecule has 0 aliphatic heterocycles. The Morgan fingerprint density at radius 3 is 2.35 bits per heavy atom. The first-order valence-corrected chi connectivity index (χ1v) is 11.9. The maximum absolute atomic E-state index is 6.69. The van der Waals surface area contributed by atoms with Crippen molar-refractivity contribution >= 4 is 24.5 Å². The number of aryl methyl sites for hydroxylation is 2. The molecule has 26 heavy (non-hydrogen) atoms. The fourth-order valence-electron chi connectivity index (χ4n) is 3.51. The van der Waals surface area contributed by atoms with E-state index in [4.69, 9.17) is 8.85 Å². The summed E-state index contributed by atoms with van der Waals surface area (Å²) < 4.78 is 13.0. The minimum atomic E-state index is -2.50. The van der Waals surface area contributed by atoms with Crippen molar-refractivity contribution in [3.05, 3.63) is 41.5 Å². The van der Waals surface area contributed by atoms with Crippen molar-refractivity contribution in [1.82, 2.24) is 0 Å². The number of hydrogen-bond donors (Lipinski definition) is 0. The van der Waals surface area contributed by atoms with Gasteiger partial charge in [-0.3, -0.25) is 0 Å². The summed E-state index contributed by atoms with van der Waals surface area (Å²) in [4.78, 5) is 0. The van der Waals surface area contributed by atoms with Gasteiger partial charge < -0.3 is 8.85 Å². The van der Waals surface area contributed by atoms with Crippen molar-refractivity contribution in [1.29, 1.82) is 0 Å². The van der Waals surface area contributed by atoms with Crippen molar-refractivity contribution in [3.63, 3.8) is 0 Å². The average Bonchev–Trinajstić information content (AvgIpc) is 2.57. The second-order valence-corrected chi connectivity index (χ2v) is 11.9. The van der Waals surface area contributed by atoms with Gasteiger partial charge in [0.15, 0.2) is 0 Å². The Hall–Kier alpha value is -1.16. The van der Waals surface area contributed by atoms with E-state index in [2.05, 4.69) is 71.9 Å². The molecule has 144 valence electrons. The predicted octanol–water partition coefficient (Wildman–Crippen LogP) is 6.01. The molecule has 0 bridgehead atoms. The van der Waals surface area contributed by atoms with Gasteiger partial charge in [0.2, 0.25) is 0 Å². The van der Waals surface area contributed by atoms with Crippen LogP contribution in [-0.4, -0.2) is 22.3 Å². The zero-order valence-corrected chi connectivity index (χ0v) is 18.7. The van der Waals surface area contributed by atoms with E-state index in [1.807, 2.05) is 7.11 Å². The Kier molecular flexibility index (Phi) is 7.06. The van der Waals surface area contributed by atoms with Crippen molar-refractivity contribution in [2.24, 2.45) is 5.41 Å². The second-order valence-electron chi connectivity index (χ2n) is 8.70. The summed E-state index contributed by atoms with van der Waals surface area (Å²) >= 11 is 0. The maximum atomic E-state index is 6.69. The Morgan fingerprint density at radius 1 is 1.04 bits per heavy atom. The molecule has 0 saturated carbocycles. The number of fused-ring (bicyclic) bond motifs is 1. The molecule has 0 amide bonds. The van der Waals surface area contributed by atoms with E-state index >= 15 is 0 Å². The molecule has 2 nitrogen and oxygen atoms in total. The van der Waals surface area contributed by atoms with Crippen LogP contribution in [0.15, 0.2) is 30.3 Å². The summed E-state index contributed by atoms with van der Waals surface area (Å²) in [6.07, 6.45) is 3.33. The zero-order chi connectivity index (χ0) is 19.4. The van der Waals surface area contributed by atoms with Crippen molar-refractivity contribution in [3.8, 4) is 0 Å². The molecule has 2 rings (SSSR count). The maximum Gasteiger partial charge on any atom is 0.373 e. The van der Waals surface area contributed by atoms with E-state index in [0.717, 1.165) is 31.9 Å². The highest BCUT2D eigenvalue weighted by Crippen LogP contribution is 2.27. The number of benzene rings is 2. The van der Waals surface area contributed by atoms with Crippen LogP contribution < -0.4 is 5.19 Å². The Balaban J connectivity index is 2.55. The molecular weight excluding hydrogens is 336 g/mol. The lowest BCUT2D eigenvalue weighted by Gasteiger charge is -2.33. The first kappa shape index (κ1) is 21.1. The monoisotopic (exact) mass is 372 g/mol. The lowest BCUT2D eigenvalue weighted by Crippen LogP contribution is -2.54. The highest BCUT2D eigenvalue weighted by Gasteiger charge is 2.41. The second kappa shape index (κ2) is 8.68. The van der Waals surface area contributed by atoms with Gasteiger partial charge in [0.25, 0.3) is 0 Å². The van der Waals surface area contributed by atoms with Crippen LogP contribution >= 0.6 is 0 Å². The van der Waals surface area contributed by atoms with Crippen LogP contribution in [0.3, 0.4) is 0 Å². The first-order chi connectivity index (χ1) is 12.2. The van der Waals surface area contributed by atoms with Crippen LogP contribution in [0.4, 0.5) is 0 Å². The number of unbranched alkanes of at least 4 members (excludes halogenated alkanes) is 1. The van der Waals surface area contributed by atoms with Crippen LogP contribution in [0.5, 0.6) is 0 Å². The van der Waals surface area contributed by atoms with Gasteiger partial charge in [-0.2, -0.15) is 0 Å². The van der Waals surface area contributed by atoms with E-state index in [1.165, 1.54) is 27.1 Å². The van der Waals surface area contributed by atoms with Gasteiger partial charge in [0, 0.05) is 18.9 Å². The average molecular weight is 373 g/mol. The molecule has 0 aromatic heterocycles. The predicted molar refractivity (Wildman–Crippen MR) is 116 cm³/mol. The molecule has 0 heterocycles. The smallest absolute Gasteiger partial charge is 0.373 e. The summed E-state index contributed by atoms with van der Waals surface area (Å²) in [6, 6.07) is 12.2. The molecule has 1 atom stereocenters. The molecule has 0 spiro atoms. The first-order valence-electron chi connectivity index (χ1n) is 9.92. The fourth-order valence-corrected chi connectivity index (χ4v) is 7.14. The molecule has 2 aromatic carbocycles. The van der Waals surface area contributed by atoms with Crippen molar-refractivity contribution in [2.45, 2.75) is 66.8 Å². The van der Waals surface area contributed by atoms with Gasteiger partial charge in [-0.25, -0.2) is 0 Å². The number of rotatable bonds is 8. The van der Waals surface area contributed by atoms with Crippen LogP contribution in [0.2, 0.25) is 6.04 Å². The van der Waals surface area contributed by atoms with E-state index in [0.29, 0.717) is 0 Å². The largest absolute Gasteiger partial charge is 0.394 e. The van der Waals surface area contributed by atoms with Gasteiger partial charge in [-0.1, -0.05) is 76.4 Å². The third-order valence-corrected chi connectivity index (χ3v) is 8.91. The molecule has 0 saturated heterocycles. The highest BCUT2D eigenvalue weighted by atomic mass is 28.4. The highest BCUT2D eigenvalue weighted by molar-refractivity contribution is 6.83. The van der Waals surface area contributed by atoms with Crippen molar-refractivity contribution < 1.29 is 8.85 Å². The van der Waals surface area contributed by atoms with Gasteiger partial charge in [-0.15, -0.1) is 0 Å². The quantitative estimate of drug-likeness (QED) is 0.529. The molecule has 2 aromatic rings. The third kappa shape index (κ3) is 4.96. The lowest BCUT2D eigenvalue weighted by molar-refractivity contribution is 0.179. The van der Waals surface area contributed by atoms with Crippen LogP contribution in [0.25, 0.3) is 10.8 Å². The summed E-state index contributed by atoms with van der Waals surface area (Å²) in [7, 11) is -0.644. The van der Waals surface area contributed by atoms with E-state index in [-0.39, 0.29) is 5.41 Å². The van der Waals surface area contributed by atoms with E-state index in [9.17, 15) is 0 Å². The standard InChI is InChI=1S/C23H36O2Si/c1-8-9-16-26(24-7,25-15-14-23(4,5)6)22-19(3)11-13-20-12-10-18(2)17-21(20)22/h10-13,17H,8-9,14-16H2,1-7H3. The summed E-state index contributed by atoms with van der Waals surface area (Å²) in [5.74, 6) is 0. The van der Waals surface area contributed by atoms with Crippen LogP contribution in [0.1, 0.15) is 58.1 Å². The third-order valence-electron chi connectivity index (χ3n) is 5.14. The van der Waals surface area contributed by atoms with Crippen LogP contribution in [-0.2, 0) is 8.85 Å². The zero-order valence-electron chi connectivity index (χ0n) is 17.7. The van der Waals surface area contributed by atoms with Gasteiger partial charge >= 0.3 is 8.56 Å². The lowest BCUT2D eigenvalue weighted by atomic mass is 9.93. The van der Waals surface area contributed by atoms with Gasteiger partial charge in [0.05, 0.1) is 0 Å². The van der Waals surface area contributed by atoms with E-state index < -0.39 is 8.56 Å². The molecular formula is C23H36O2Si. The molecule has 3 heteroatoms. The summed E-state index contributed by atoms with van der Waals surface area (Å²) in [6.45, 7) is 14.2. The Labute approximate surface area is 161 Å². The SMILES string of the molecule is CCCC[Si](OC)(OCCC(C)(C)C)c1c(C)ccc2ccc(C)cc12. The minimum absolute atomic E-state index is 0.267. The number of hydrogen-bond acceptors (Lipinski definition) is 2. The summed E-state index contributed by atoms with van der Waals surface area (Å²) in [5, 5.41) is 3.93. The Morgan fingerprint density at radius 2 is 1.73 bits per heavy atom. The molecule has 0 radical (unpaired) electrons. The van der Waals surface area contributed by atoms with Gasteiger partial charge in [0.1, 0.15) is 0 Å². The minimum Gasteiger partial charge on any atom is -0.394 e. The fraction of sp³-hybridized carbons (Fsp3) is 0.565. The molecule has 0 aliphatic carbocycles. The van der Waals surface area contributed by atoms with Gasteiger partial charge in [-0.05, 0) is 48.1 Å². The topological polar surface area (TPSA) is 18.5 Å². The Bertz CT molecular complexity index is 728. The normalized spacial score (nSPS) is 14.6. The summed E-state index contributed by atoms with van der Waals surface area (Å²) in [5.41, 5.74) is 2.85. The van der Waals surface area contributed by atoms with E-state index in [1.54, 1.807) is 0 Å². The molecule has 0 N–H and O–H groups in total. The van der Waals surface area contributed by atoms with Crippen molar-refractivity contribution in [2.75, 3.05) is 13.7 Å². The molecule has 0 aliphatic rings. The van der Waals surface area contributed by atoms with Crippen LogP contribution in [0, 0.1) is 19.3 Å². The molecule has 0 fully saturated rings. The molecule has 1 unspecified atom stereocenters.